The molecule has 2 aromatic carbocycles. The normalized spacial score (nSPS) is 11.7. The molecular weight excluding hydrogens is 409 g/mol. The Morgan fingerprint density at radius 3 is 2.35 bits per heavy atom. The van der Waals surface area contributed by atoms with E-state index in [4.69, 9.17) is 31.0 Å². The molecule has 0 spiro atoms. The van der Waals surface area contributed by atoms with Crippen molar-refractivity contribution < 1.29 is 17.9 Å². The summed E-state index contributed by atoms with van der Waals surface area (Å²) in [6.45, 7) is 0. The second-order valence-corrected chi connectivity index (χ2v) is 9.98. The number of nitrogens with zero attached hydrogens (tertiary/aromatic N) is 1. The predicted molar refractivity (Wildman–Crippen MR) is 82.0 cm³/mol. The van der Waals surface area contributed by atoms with Gasteiger partial charge in [0.2, 0.25) is 0 Å². The molecule has 0 saturated carbocycles. The fourth-order valence-corrected chi connectivity index (χ4v) is 3.48. The van der Waals surface area contributed by atoms with Crippen molar-refractivity contribution in [3.63, 3.8) is 0 Å². The number of benzene rings is 2. The number of halogens is 4. The van der Waals surface area contributed by atoms with Gasteiger partial charge in [-0.1, -0.05) is 0 Å². The maximum absolute atomic E-state index is 13.3. The molecule has 6 heteroatoms. The molecule has 0 aliphatic rings. The molecule has 0 heterocycles. The van der Waals surface area contributed by atoms with E-state index in [1.54, 1.807) is 41.2 Å². The molecule has 2 rings (SSSR count). The molecule has 0 aromatic heterocycles. The van der Waals surface area contributed by atoms with E-state index in [1.165, 1.54) is 12.1 Å². The Balaban J connectivity index is 2.34. The Kier molecular flexibility index (Phi) is 5.86. The van der Waals surface area contributed by atoms with Gasteiger partial charge >= 0.3 is 135 Å². The predicted octanol–water partition coefficient (Wildman–Crippen LogP) is 5.31. The van der Waals surface area contributed by atoms with Crippen LogP contribution in [-0.2, 0) is 13.5 Å². The van der Waals surface area contributed by atoms with Crippen LogP contribution in [-0.4, -0.2) is 10.8 Å². The first kappa shape index (κ1) is 15.8. The number of hydrogen-bond acceptors (Lipinski definition) is 1. The zero-order valence-electron chi connectivity index (χ0n) is 10.0. The molecule has 0 amide bonds. The van der Waals surface area contributed by atoms with Crippen molar-refractivity contribution in [3.05, 3.63) is 64.4 Å². The number of aliphatic imine (C=N–C) groups is 1. The number of rotatable bonds is 3. The van der Waals surface area contributed by atoms with Crippen molar-refractivity contribution in [1.82, 2.24) is 0 Å². The van der Waals surface area contributed by atoms with Gasteiger partial charge in [-0.15, -0.1) is 0 Å². The van der Waals surface area contributed by atoms with Gasteiger partial charge in [0.05, 0.1) is 0 Å². The summed E-state index contributed by atoms with van der Waals surface area (Å²) in [5.41, 5.74) is 2.16. The first-order chi connectivity index (χ1) is 9.54. The average Bonchev–Trinajstić information content (AvgIpc) is 2.40. The van der Waals surface area contributed by atoms with Crippen molar-refractivity contribution >= 4 is 47.5 Å². The monoisotopic (exact) mass is 417 g/mol. The Morgan fingerprint density at radius 1 is 1.00 bits per heavy atom. The topological polar surface area (TPSA) is 12.4 Å². The quantitative estimate of drug-likeness (QED) is 0.474. The number of hydrogen-bond donors (Lipinski definition) is 0. The van der Waals surface area contributed by atoms with Crippen LogP contribution in [0.3, 0.4) is 0 Å². The van der Waals surface area contributed by atoms with Gasteiger partial charge in [-0.25, -0.2) is 0 Å². The van der Waals surface area contributed by atoms with Crippen LogP contribution in [0.5, 0.6) is 0 Å². The van der Waals surface area contributed by atoms with Crippen LogP contribution in [0.15, 0.2) is 47.5 Å². The molecular formula is C14H9Cl3FNRu. The van der Waals surface area contributed by atoms with E-state index >= 15 is 0 Å². The van der Waals surface area contributed by atoms with Crippen LogP contribution in [0, 0.1) is 5.82 Å². The average molecular weight is 418 g/mol. The van der Waals surface area contributed by atoms with Crippen LogP contribution in [0.4, 0.5) is 10.1 Å². The molecule has 0 unspecified atom stereocenters. The third-order valence-corrected chi connectivity index (χ3v) is 4.50. The zero-order valence-corrected chi connectivity index (χ0v) is 14.0. The van der Waals surface area contributed by atoms with E-state index in [9.17, 15) is 4.39 Å². The molecule has 20 heavy (non-hydrogen) atoms. The van der Waals surface area contributed by atoms with Crippen molar-refractivity contribution in [3.8, 4) is 0 Å². The van der Waals surface area contributed by atoms with E-state index < -0.39 is 13.5 Å². The summed E-state index contributed by atoms with van der Waals surface area (Å²) in [5.74, 6) is -0.331. The van der Waals surface area contributed by atoms with E-state index in [0.717, 1.165) is 11.3 Å². The SMILES string of the molecule is Fc1ccc([CH]=[Ru]([Cl])[Cl])c(C=Nc2ccc(Cl)cc2)c1. The van der Waals surface area contributed by atoms with Crippen molar-refractivity contribution in [1.29, 1.82) is 0 Å². The van der Waals surface area contributed by atoms with Crippen LogP contribution in [0.1, 0.15) is 11.1 Å². The molecule has 0 aliphatic heterocycles. The first-order valence-electron chi connectivity index (χ1n) is 5.47. The third-order valence-electron chi connectivity index (χ3n) is 2.42. The summed E-state index contributed by atoms with van der Waals surface area (Å²) in [5, 5.41) is 0.641. The van der Waals surface area contributed by atoms with E-state index in [-0.39, 0.29) is 5.82 Å². The third kappa shape index (κ3) is 4.75. The Hall–Kier alpha value is -0.597. The minimum atomic E-state index is -1.97. The van der Waals surface area contributed by atoms with Gasteiger partial charge in [0, 0.05) is 0 Å². The summed E-state index contributed by atoms with van der Waals surface area (Å²) in [7, 11) is 11.7. The molecule has 0 aliphatic carbocycles. The van der Waals surface area contributed by atoms with E-state index in [2.05, 4.69) is 4.99 Å². The second-order valence-electron chi connectivity index (χ2n) is 3.81. The molecule has 0 bridgehead atoms. The molecule has 0 atom stereocenters. The van der Waals surface area contributed by atoms with Gasteiger partial charge in [-0.05, 0) is 0 Å². The molecule has 0 radical (unpaired) electrons. The van der Waals surface area contributed by atoms with Gasteiger partial charge in [0.1, 0.15) is 0 Å². The fourth-order valence-electron chi connectivity index (χ4n) is 1.50. The molecule has 0 fully saturated rings. The van der Waals surface area contributed by atoms with Crippen LogP contribution >= 0.6 is 31.0 Å². The first-order valence-corrected chi connectivity index (χ1v) is 11.3. The van der Waals surface area contributed by atoms with Gasteiger partial charge < -0.3 is 0 Å². The Bertz CT molecular complexity index is 665. The summed E-state index contributed by atoms with van der Waals surface area (Å²) < 4.78 is 15.1. The van der Waals surface area contributed by atoms with Crippen LogP contribution in [0.25, 0.3) is 0 Å². The van der Waals surface area contributed by atoms with Crippen molar-refractivity contribution in [2.45, 2.75) is 0 Å². The van der Waals surface area contributed by atoms with Gasteiger partial charge in [0.25, 0.3) is 0 Å². The Labute approximate surface area is 134 Å². The molecule has 1 nitrogen and oxygen atoms in total. The Morgan fingerprint density at radius 2 is 1.70 bits per heavy atom. The standard InChI is InChI=1S/C14H9ClFN.2ClH.Ru/c1-10-2-5-13(16)8-11(10)9-17-14-6-3-12(15)4-7-14;;;/h1-9H;2*1H;/q;;;+2/p-2. The summed E-state index contributed by atoms with van der Waals surface area (Å²) in [6.07, 6.45) is 1.59. The minimum absolute atomic E-state index is 0.331. The van der Waals surface area contributed by atoms with E-state index in [0.29, 0.717) is 10.6 Å². The van der Waals surface area contributed by atoms with Crippen LogP contribution < -0.4 is 0 Å². The summed E-state index contributed by atoms with van der Waals surface area (Å²) in [6, 6.07) is 11.5. The second kappa shape index (κ2) is 7.42. The molecule has 106 valence electrons. The van der Waals surface area contributed by atoms with E-state index in [1.807, 2.05) is 0 Å². The fraction of sp³-hybridized carbons (Fsp3) is 0. The van der Waals surface area contributed by atoms with Crippen molar-refractivity contribution in [2.24, 2.45) is 4.99 Å². The molecule has 2 aromatic rings. The maximum atomic E-state index is 13.3. The molecule has 0 saturated heterocycles. The molecule has 0 N–H and O–H groups in total. The van der Waals surface area contributed by atoms with Gasteiger partial charge in [-0.2, -0.15) is 0 Å². The summed E-state index contributed by atoms with van der Waals surface area (Å²) in [4.78, 5) is 4.29. The van der Waals surface area contributed by atoms with Crippen molar-refractivity contribution in [2.75, 3.05) is 0 Å². The zero-order chi connectivity index (χ0) is 14.5. The summed E-state index contributed by atoms with van der Waals surface area (Å²) >= 11 is 3.83. The van der Waals surface area contributed by atoms with Gasteiger partial charge in [-0.3, -0.25) is 0 Å². The van der Waals surface area contributed by atoms with Gasteiger partial charge in [0.15, 0.2) is 0 Å². The van der Waals surface area contributed by atoms with Crippen LogP contribution in [0.2, 0.25) is 5.02 Å².